The number of aryl methyl sites for hydroxylation is 2. The average Bonchev–Trinajstić information content (AvgIpc) is 2.16. The molecule has 1 nitrogen and oxygen atoms in total. The zero-order valence-corrected chi connectivity index (χ0v) is 9.56. The van der Waals surface area contributed by atoms with Gasteiger partial charge in [-0.15, -0.1) is 11.6 Å². The smallest absolute Gasteiger partial charge is 0.119 e. The molecule has 0 atom stereocenters. The molecule has 0 spiro atoms. The van der Waals surface area contributed by atoms with Crippen molar-refractivity contribution in [1.29, 1.82) is 0 Å². The zero-order chi connectivity index (χ0) is 10.6. The van der Waals surface area contributed by atoms with Gasteiger partial charge >= 0.3 is 0 Å². The molecular formula is C12H15ClO. The monoisotopic (exact) mass is 210 g/mol. The second kappa shape index (κ2) is 5.06. The fraction of sp³-hybridized carbons (Fsp3) is 0.333. The van der Waals surface area contributed by atoms with E-state index in [-0.39, 0.29) is 0 Å². The molecule has 2 heteroatoms. The van der Waals surface area contributed by atoms with Crippen LogP contribution < -0.4 is 4.74 Å². The molecule has 0 radical (unpaired) electrons. The first-order valence-electron chi connectivity index (χ1n) is 4.56. The molecule has 0 bridgehead atoms. The molecule has 0 amide bonds. The fourth-order valence-electron chi connectivity index (χ4n) is 1.48. The van der Waals surface area contributed by atoms with E-state index in [0.29, 0.717) is 5.88 Å². The number of hydrogen-bond acceptors (Lipinski definition) is 1. The van der Waals surface area contributed by atoms with Crippen LogP contribution in [0.5, 0.6) is 5.75 Å². The molecule has 0 aliphatic carbocycles. The van der Waals surface area contributed by atoms with Gasteiger partial charge in [0, 0.05) is 5.88 Å². The summed E-state index contributed by atoms with van der Waals surface area (Å²) in [6, 6.07) is 4.06. The Kier molecular flexibility index (Phi) is 4.02. The first kappa shape index (κ1) is 11.1. The Bertz CT molecular complexity index is 319. The summed E-state index contributed by atoms with van der Waals surface area (Å²) >= 11 is 5.60. The highest BCUT2D eigenvalue weighted by Gasteiger charge is 2.01. The minimum atomic E-state index is 0.547. The van der Waals surface area contributed by atoms with Crippen molar-refractivity contribution < 1.29 is 4.74 Å². The lowest BCUT2D eigenvalue weighted by atomic mass is 10.0. The van der Waals surface area contributed by atoms with E-state index in [9.17, 15) is 0 Å². The Morgan fingerprint density at radius 3 is 2.29 bits per heavy atom. The highest BCUT2D eigenvalue weighted by Crippen LogP contribution is 2.22. The summed E-state index contributed by atoms with van der Waals surface area (Å²) in [7, 11) is 1.68. The SMILES string of the molecule is COc1cc(C)c(C=CCCl)c(C)c1. The summed E-state index contributed by atoms with van der Waals surface area (Å²) < 4.78 is 5.19. The average molecular weight is 211 g/mol. The van der Waals surface area contributed by atoms with Crippen molar-refractivity contribution in [2.45, 2.75) is 13.8 Å². The Morgan fingerprint density at radius 1 is 1.29 bits per heavy atom. The number of halogens is 1. The molecule has 0 aliphatic heterocycles. The third kappa shape index (κ3) is 2.52. The van der Waals surface area contributed by atoms with E-state index < -0.39 is 0 Å². The van der Waals surface area contributed by atoms with Crippen LogP contribution in [0.1, 0.15) is 16.7 Å². The quantitative estimate of drug-likeness (QED) is 0.694. The van der Waals surface area contributed by atoms with Crippen LogP contribution in [0, 0.1) is 13.8 Å². The van der Waals surface area contributed by atoms with Gasteiger partial charge in [0.05, 0.1) is 7.11 Å². The molecule has 76 valence electrons. The van der Waals surface area contributed by atoms with Crippen LogP contribution in [0.3, 0.4) is 0 Å². The van der Waals surface area contributed by atoms with E-state index >= 15 is 0 Å². The predicted molar refractivity (Wildman–Crippen MR) is 62.2 cm³/mol. The van der Waals surface area contributed by atoms with Crippen LogP contribution in [0.15, 0.2) is 18.2 Å². The number of benzene rings is 1. The second-order valence-corrected chi connectivity index (χ2v) is 3.54. The van der Waals surface area contributed by atoms with Crippen LogP contribution >= 0.6 is 11.6 Å². The molecule has 0 saturated heterocycles. The minimum Gasteiger partial charge on any atom is -0.497 e. The largest absolute Gasteiger partial charge is 0.497 e. The van der Waals surface area contributed by atoms with Gasteiger partial charge < -0.3 is 4.74 Å². The minimum absolute atomic E-state index is 0.547. The fourth-order valence-corrected chi connectivity index (χ4v) is 1.57. The van der Waals surface area contributed by atoms with E-state index in [1.807, 2.05) is 18.2 Å². The molecule has 0 saturated carbocycles. The van der Waals surface area contributed by atoms with E-state index in [1.165, 1.54) is 16.7 Å². The molecule has 0 unspecified atom stereocenters. The summed E-state index contributed by atoms with van der Waals surface area (Å²) in [5, 5.41) is 0. The summed E-state index contributed by atoms with van der Waals surface area (Å²) in [5.41, 5.74) is 3.65. The van der Waals surface area contributed by atoms with Crippen molar-refractivity contribution in [3.63, 3.8) is 0 Å². The van der Waals surface area contributed by atoms with Gasteiger partial charge in [0.2, 0.25) is 0 Å². The van der Waals surface area contributed by atoms with Crippen LogP contribution in [-0.4, -0.2) is 13.0 Å². The van der Waals surface area contributed by atoms with Gasteiger partial charge in [-0.3, -0.25) is 0 Å². The van der Waals surface area contributed by atoms with Crippen molar-refractivity contribution in [3.8, 4) is 5.75 Å². The van der Waals surface area contributed by atoms with Gasteiger partial charge in [0.25, 0.3) is 0 Å². The predicted octanol–water partition coefficient (Wildman–Crippen LogP) is 3.56. The summed E-state index contributed by atoms with van der Waals surface area (Å²) in [5.74, 6) is 1.45. The van der Waals surface area contributed by atoms with E-state index in [2.05, 4.69) is 19.9 Å². The first-order valence-corrected chi connectivity index (χ1v) is 5.10. The molecular weight excluding hydrogens is 196 g/mol. The maximum absolute atomic E-state index is 5.60. The number of allylic oxidation sites excluding steroid dienone is 1. The van der Waals surface area contributed by atoms with Crippen LogP contribution in [0.2, 0.25) is 0 Å². The molecule has 0 aliphatic rings. The van der Waals surface area contributed by atoms with Crippen molar-refractivity contribution >= 4 is 17.7 Å². The highest BCUT2D eigenvalue weighted by atomic mass is 35.5. The lowest BCUT2D eigenvalue weighted by Gasteiger charge is -2.08. The van der Waals surface area contributed by atoms with Crippen LogP contribution in [0.4, 0.5) is 0 Å². The molecule has 0 heterocycles. The molecule has 1 aromatic rings. The standard InChI is InChI=1S/C12H15ClO/c1-9-7-11(14-3)8-10(2)12(9)5-4-6-13/h4-5,7-8H,6H2,1-3H3. The van der Waals surface area contributed by atoms with E-state index in [1.54, 1.807) is 7.11 Å². The number of rotatable bonds is 3. The lowest BCUT2D eigenvalue weighted by Crippen LogP contribution is -1.90. The molecule has 0 aromatic heterocycles. The molecule has 0 N–H and O–H groups in total. The molecule has 1 rings (SSSR count). The maximum Gasteiger partial charge on any atom is 0.119 e. The number of alkyl halides is 1. The van der Waals surface area contributed by atoms with Gasteiger partial charge in [-0.1, -0.05) is 12.2 Å². The van der Waals surface area contributed by atoms with E-state index in [4.69, 9.17) is 16.3 Å². The topological polar surface area (TPSA) is 9.23 Å². The normalized spacial score (nSPS) is 10.9. The Hall–Kier alpha value is -0.950. The third-order valence-electron chi connectivity index (χ3n) is 2.18. The Labute approximate surface area is 90.3 Å². The summed E-state index contributed by atoms with van der Waals surface area (Å²) in [6.45, 7) is 4.15. The molecule has 1 aromatic carbocycles. The van der Waals surface area contributed by atoms with Crippen LogP contribution in [-0.2, 0) is 0 Å². The Morgan fingerprint density at radius 2 is 1.86 bits per heavy atom. The lowest BCUT2D eigenvalue weighted by molar-refractivity contribution is 0.414. The van der Waals surface area contributed by atoms with Gasteiger partial charge in [-0.2, -0.15) is 0 Å². The van der Waals surface area contributed by atoms with Gasteiger partial charge in [-0.05, 0) is 42.7 Å². The van der Waals surface area contributed by atoms with Crippen LogP contribution in [0.25, 0.3) is 6.08 Å². The molecule has 14 heavy (non-hydrogen) atoms. The van der Waals surface area contributed by atoms with Crippen molar-refractivity contribution in [1.82, 2.24) is 0 Å². The van der Waals surface area contributed by atoms with Crippen molar-refractivity contribution in [2.75, 3.05) is 13.0 Å². The third-order valence-corrected chi connectivity index (χ3v) is 2.35. The van der Waals surface area contributed by atoms with Crippen molar-refractivity contribution in [2.24, 2.45) is 0 Å². The Balaban J connectivity index is 3.11. The number of hydrogen-bond donors (Lipinski definition) is 0. The summed E-state index contributed by atoms with van der Waals surface area (Å²) in [4.78, 5) is 0. The first-order chi connectivity index (χ1) is 6.69. The molecule has 0 fully saturated rings. The highest BCUT2D eigenvalue weighted by molar-refractivity contribution is 6.19. The van der Waals surface area contributed by atoms with Crippen molar-refractivity contribution in [3.05, 3.63) is 34.9 Å². The van der Waals surface area contributed by atoms with Gasteiger partial charge in [0.15, 0.2) is 0 Å². The van der Waals surface area contributed by atoms with Gasteiger partial charge in [-0.25, -0.2) is 0 Å². The van der Waals surface area contributed by atoms with Gasteiger partial charge in [0.1, 0.15) is 5.75 Å². The maximum atomic E-state index is 5.60. The number of ether oxygens (including phenoxy) is 1. The second-order valence-electron chi connectivity index (χ2n) is 3.23. The zero-order valence-electron chi connectivity index (χ0n) is 8.80. The van der Waals surface area contributed by atoms with E-state index in [0.717, 1.165) is 5.75 Å². The summed E-state index contributed by atoms with van der Waals surface area (Å²) in [6.07, 6.45) is 4.00. The number of methoxy groups -OCH3 is 1.